The zero-order valence-corrected chi connectivity index (χ0v) is 11.9. The summed E-state index contributed by atoms with van der Waals surface area (Å²) >= 11 is 0. The number of hydrogen-bond donors (Lipinski definition) is 2. The molecule has 0 atom stereocenters. The highest BCUT2D eigenvalue weighted by Gasteiger charge is 2.37. The average Bonchev–Trinajstić information content (AvgIpc) is 2.35. The largest absolute Gasteiger partial charge is 0.378 e. The number of para-hydroxylation sites is 1. The molecule has 1 aromatic rings. The summed E-state index contributed by atoms with van der Waals surface area (Å²) in [6.07, 6.45) is 4.85. The fourth-order valence-corrected chi connectivity index (χ4v) is 2.78. The van der Waals surface area contributed by atoms with E-state index < -0.39 is 0 Å². The third kappa shape index (κ3) is 2.86. The second-order valence-electron chi connectivity index (χ2n) is 6.59. The van der Waals surface area contributed by atoms with Crippen LogP contribution in [0.2, 0.25) is 0 Å². The van der Waals surface area contributed by atoms with E-state index in [2.05, 4.69) is 50.4 Å². The molecule has 0 heterocycles. The van der Waals surface area contributed by atoms with Gasteiger partial charge >= 0.3 is 0 Å². The van der Waals surface area contributed by atoms with E-state index in [1.807, 2.05) is 0 Å². The predicted molar refractivity (Wildman–Crippen MR) is 78.8 cm³/mol. The fourth-order valence-electron chi connectivity index (χ4n) is 2.78. The van der Waals surface area contributed by atoms with Crippen LogP contribution in [0.4, 0.5) is 5.69 Å². The predicted octanol–water partition coefficient (Wildman–Crippen LogP) is 3.70. The van der Waals surface area contributed by atoms with Gasteiger partial charge in [-0.3, -0.25) is 0 Å². The van der Waals surface area contributed by atoms with E-state index in [0.29, 0.717) is 5.41 Å². The van der Waals surface area contributed by atoms with Gasteiger partial charge in [-0.2, -0.15) is 0 Å². The second-order valence-corrected chi connectivity index (χ2v) is 6.59. The molecule has 0 bridgehead atoms. The van der Waals surface area contributed by atoms with Gasteiger partial charge in [0.15, 0.2) is 0 Å². The molecule has 0 aliphatic heterocycles. The third-order valence-corrected chi connectivity index (χ3v) is 4.50. The number of rotatable bonds is 3. The Morgan fingerprint density at radius 3 is 2.28 bits per heavy atom. The van der Waals surface area contributed by atoms with Gasteiger partial charge in [0, 0.05) is 17.8 Å². The van der Waals surface area contributed by atoms with Gasteiger partial charge in [-0.05, 0) is 49.7 Å². The smallest absolute Gasteiger partial charge is 0.0496 e. The topological polar surface area (TPSA) is 38.0 Å². The van der Waals surface area contributed by atoms with Crippen molar-refractivity contribution in [1.82, 2.24) is 0 Å². The molecule has 1 saturated carbocycles. The molecule has 18 heavy (non-hydrogen) atoms. The van der Waals surface area contributed by atoms with Crippen molar-refractivity contribution in [1.29, 1.82) is 0 Å². The Kier molecular flexibility index (Phi) is 3.67. The van der Waals surface area contributed by atoms with Gasteiger partial charge in [-0.25, -0.2) is 0 Å². The van der Waals surface area contributed by atoms with E-state index in [-0.39, 0.29) is 5.54 Å². The van der Waals surface area contributed by atoms with E-state index >= 15 is 0 Å². The number of nitrogens with two attached hydrogens (primary N) is 1. The Morgan fingerprint density at radius 2 is 1.72 bits per heavy atom. The Balaban J connectivity index is 2.13. The summed E-state index contributed by atoms with van der Waals surface area (Å²) in [7, 11) is 0. The van der Waals surface area contributed by atoms with Crippen LogP contribution < -0.4 is 11.1 Å². The molecule has 0 radical (unpaired) electrons. The van der Waals surface area contributed by atoms with Crippen LogP contribution in [0, 0.1) is 12.3 Å². The monoisotopic (exact) mass is 246 g/mol. The standard InChI is InChI=1S/C16H26N2/c1-13-6-4-5-7-14(13)18-16(12-17)10-8-15(2,3)9-11-16/h4-7,18H,8-12,17H2,1-3H3. The quantitative estimate of drug-likeness (QED) is 0.853. The number of hydrogen-bond acceptors (Lipinski definition) is 2. The molecule has 2 nitrogen and oxygen atoms in total. The van der Waals surface area contributed by atoms with E-state index in [4.69, 9.17) is 5.73 Å². The second kappa shape index (κ2) is 4.93. The minimum atomic E-state index is 0.0988. The van der Waals surface area contributed by atoms with E-state index in [1.165, 1.54) is 36.9 Å². The molecule has 1 aliphatic rings. The fraction of sp³-hybridized carbons (Fsp3) is 0.625. The Labute approximate surface area is 111 Å². The van der Waals surface area contributed by atoms with Crippen LogP contribution in [0.1, 0.15) is 45.1 Å². The molecule has 3 N–H and O–H groups in total. The van der Waals surface area contributed by atoms with Crippen molar-refractivity contribution in [3.63, 3.8) is 0 Å². The average molecular weight is 246 g/mol. The van der Waals surface area contributed by atoms with Crippen LogP contribution in [-0.2, 0) is 0 Å². The molecule has 2 heteroatoms. The lowest BCUT2D eigenvalue weighted by molar-refractivity contribution is 0.182. The highest BCUT2D eigenvalue weighted by atomic mass is 15.0. The lowest BCUT2D eigenvalue weighted by Crippen LogP contribution is -2.49. The van der Waals surface area contributed by atoms with Crippen LogP contribution in [0.3, 0.4) is 0 Å². The molecule has 0 saturated heterocycles. The lowest BCUT2D eigenvalue weighted by atomic mass is 9.69. The molecule has 1 aromatic carbocycles. The molecular formula is C16H26N2. The van der Waals surface area contributed by atoms with Crippen molar-refractivity contribution in [2.24, 2.45) is 11.1 Å². The minimum absolute atomic E-state index is 0.0988. The summed E-state index contributed by atoms with van der Waals surface area (Å²) in [5.41, 5.74) is 9.18. The number of aryl methyl sites for hydroxylation is 1. The van der Waals surface area contributed by atoms with Crippen LogP contribution in [0.15, 0.2) is 24.3 Å². The minimum Gasteiger partial charge on any atom is -0.378 e. The van der Waals surface area contributed by atoms with Crippen LogP contribution in [0.5, 0.6) is 0 Å². The molecule has 1 fully saturated rings. The summed E-state index contributed by atoms with van der Waals surface area (Å²) in [6, 6.07) is 8.48. The number of nitrogens with one attached hydrogen (secondary N) is 1. The highest BCUT2D eigenvalue weighted by molar-refractivity contribution is 5.52. The Bertz CT molecular complexity index is 399. The maximum Gasteiger partial charge on any atom is 0.0496 e. The SMILES string of the molecule is Cc1ccccc1NC1(CN)CCC(C)(C)CC1. The molecule has 0 spiro atoms. The van der Waals surface area contributed by atoms with Crippen molar-refractivity contribution >= 4 is 5.69 Å². The highest BCUT2D eigenvalue weighted by Crippen LogP contribution is 2.41. The summed E-state index contributed by atoms with van der Waals surface area (Å²) in [4.78, 5) is 0. The maximum absolute atomic E-state index is 6.06. The van der Waals surface area contributed by atoms with Gasteiger partial charge in [0.25, 0.3) is 0 Å². The number of anilines is 1. The van der Waals surface area contributed by atoms with Gasteiger partial charge < -0.3 is 11.1 Å². The summed E-state index contributed by atoms with van der Waals surface area (Å²) in [6.45, 7) is 7.60. The van der Waals surface area contributed by atoms with Crippen molar-refractivity contribution in [3.8, 4) is 0 Å². The molecule has 100 valence electrons. The van der Waals surface area contributed by atoms with Crippen molar-refractivity contribution in [2.75, 3.05) is 11.9 Å². The maximum atomic E-state index is 6.06. The zero-order valence-electron chi connectivity index (χ0n) is 11.9. The van der Waals surface area contributed by atoms with Gasteiger partial charge in [0.2, 0.25) is 0 Å². The number of benzene rings is 1. The van der Waals surface area contributed by atoms with Gasteiger partial charge in [-0.1, -0.05) is 32.0 Å². The molecular weight excluding hydrogens is 220 g/mol. The van der Waals surface area contributed by atoms with E-state index in [0.717, 1.165) is 6.54 Å². The first-order chi connectivity index (χ1) is 8.46. The van der Waals surface area contributed by atoms with Crippen LogP contribution in [0.25, 0.3) is 0 Å². The Hall–Kier alpha value is -1.02. The van der Waals surface area contributed by atoms with Gasteiger partial charge in [0.05, 0.1) is 0 Å². The molecule has 0 aromatic heterocycles. The third-order valence-electron chi connectivity index (χ3n) is 4.50. The summed E-state index contributed by atoms with van der Waals surface area (Å²) in [5.74, 6) is 0. The normalized spacial score (nSPS) is 21.6. The van der Waals surface area contributed by atoms with Crippen molar-refractivity contribution < 1.29 is 0 Å². The summed E-state index contributed by atoms with van der Waals surface area (Å²) in [5, 5.41) is 3.73. The van der Waals surface area contributed by atoms with Crippen LogP contribution >= 0.6 is 0 Å². The molecule has 1 aliphatic carbocycles. The van der Waals surface area contributed by atoms with Gasteiger partial charge in [0.1, 0.15) is 0 Å². The molecule has 0 amide bonds. The van der Waals surface area contributed by atoms with E-state index in [9.17, 15) is 0 Å². The first kappa shape index (κ1) is 13.4. The van der Waals surface area contributed by atoms with Crippen molar-refractivity contribution in [2.45, 2.75) is 52.0 Å². The lowest BCUT2D eigenvalue weighted by Gasteiger charge is -2.44. The molecule has 2 rings (SSSR count). The zero-order chi connectivity index (χ0) is 13.2. The van der Waals surface area contributed by atoms with Gasteiger partial charge in [-0.15, -0.1) is 0 Å². The molecule has 0 unspecified atom stereocenters. The first-order valence-electron chi connectivity index (χ1n) is 7.00. The van der Waals surface area contributed by atoms with E-state index in [1.54, 1.807) is 0 Å². The Morgan fingerprint density at radius 1 is 1.11 bits per heavy atom. The first-order valence-corrected chi connectivity index (χ1v) is 7.00. The summed E-state index contributed by atoms with van der Waals surface area (Å²) < 4.78 is 0. The van der Waals surface area contributed by atoms with Crippen molar-refractivity contribution in [3.05, 3.63) is 29.8 Å². The van der Waals surface area contributed by atoms with Crippen LogP contribution in [-0.4, -0.2) is 12.1 Å².